The van der Waals surface area contributed by atoms with Crippen LogP contribution in [0, 0.1) is 46.3 Å². The van der Waals surface area contributed by atoms with Gasteiger partial charge in [0.05, 0.1) is 12.4 Å². The largest absolute Gasteiger partial charge is 0.469 e. The second kappa shape index (κ2) is 11.7. The monoisotopic (exact) mass is 552 g/mol. The van der Waals surface area contributed by atoms with Gasteiger partial charge in [0, 0.05) is 37.8 Å². The van der Waals surface area contributed by atoms with E-state index in [2.05, 4.69) is 45.3 Å². The van der Waals surface area contributed by atoms with E-state index in [9.17, 15) is 13.2 Å². The molecular weight excluding hydrogens is 496 g/mol. The molecular formula is C31H56N2O4S. The van der Waals surface area contributed by atoms with Crippen molar-refractivity contribution in [2.24, 2.45) is 46.3 Å². The number of rotatable bonds is 10. The number of methoxy groups -OCH3 is 1. The predicted molar refractivity (Wildman–Crippen MR) is 155 cm³/mol. The van der Waals surface area contributed by atoms with E-state index in [1.54, 1.807) is 0 Å². The third-order valence-electron chi connectivity index (χ3n) is 12.1. The van der Waals surface area contributed by atoms with Gasteiger partial charge in [0.15, 0.2) is 9.84 Å². The summed E-state index contributed by atoms with van der Waals surface area (Å²) in [4.78, 5) is 11.8. The first-order chi connectivity index (χ1) is 17.8. The predicted octanol–water partition coefficient (Wildman–Crippen LogP) is 5.21. The van der Waals surface area contributed by atoms with Crippen molar-refractivity contribution in [3.05, 3.63) is 0 Å². The first-order valence-electron chi connectivity index (χ1n) is 15.5. The van der Waals surface area contributed by atoms with Gasteiger partial charge in [0.1, 0.15) is 0 Å². The fraction of sp³-hybridized carbons (Fsp3) is 0.968. The molecule has 220 valence electrons. The van der Waals surface area contributed by atoms with Crippen molar-refractivity contribution in [3.8, 4) is 0 Å². The number of esters is 1. The highest BCUT2D eigenvalue weighted by Crippen LogP contribution is 2.69. The van der Waals surface area contributed by atoms with Crippen LogP contribution in [0.2, 0.25) is 0 Å². The molecule has 0 spiro atoms. The van der Waals surface area contributed by atoms with Crippen LogP contribution in [-0.4, -0.2) is 58.2 Å². The van der Waals surface area contributed by atoms with Crippen molar-refractivity contribution in [1.82, 2.24) is 10.6 Å². The number of fused-ring (bicyclic) bond motifs is 5. The summed E-state index contributed by atoms with van der Waals surface area (Å²) in [6, 6.07) is 0.999. The molecule has 0 aromatic heterocycles. The number of ether oxygens (including phenoxy) is 1. The molecule has 0 aliphatic heterocycles. The summed E-state index contributed by atoms with van der Waals surface area (Å²) in [5.74, 6) is 2.63. The third kappa shape index (κ3) is 5.86. The highest BCUT2D eigenvalue weighted by Gasteiger charge is 2.64. The van der Waals surface area contributed by atoms with Crippen molar-refractivity contribution in [1.29, 1.82) is 0 Å². The number of hydrogen-bond acceptors (Lipinski definition) is 6. The van der Waals surface area contributed by atoms with Gasteiger partial charge in [-0.2, -0.15) is 0 Å². The molecule has 0 radical (unpaired) electrons. The Balaban J connectivity index is 1.52. The molecule has 4 fully saturated rings. The Kier molecular flexibility index (Phi) is 9.31. The number of sulfone groups is 1. The molecule has 0 aromatic carbocycles. The molecule has 10 atom stereocenters. The van der Waals surface area contributed by atoms with Gasteiger partial charge in [0.2, 0.25) is 0 Å². The molecule has 6 nitrogen and oxygen atoms in total. The molecule has 4 unspecified atom stereocenters. The average molecular weight is 553 g/mol. The second-order valence-corrected chi connectivity index (χ2v) is 16.7. The zero-order valence-corrected chi connectivity index (χ0v) is 26.0. The molecule has 0 aromatic rings. The Bertz CT molecular complexity index is 938. The first-order valence-corrected chi connectivity index (χ1v) is 17.5. The van der Waals surface area contributed by atoms with Gasteiger partial charge in [-0.1, -0.05) is 34.6 Å². The average Bonchev–Trinajstić information content (AvgIpc) is 3.21. The Labute approximate surface area is 233 Å². The summed E-state index contributed by atoms with van der Waals surface area (Å²) >= 11 is 0. The molecule has 4 aliphatic carbocycles. The molecule has 7 heteroatoms. The van der Waals surface area contributed by atoms with E-state index in [1.807, 2.05) is 0 Å². The highest BCUT2D eigenvalue weighted by atomic mass is 32.2. The van der Waals surface area contributed by atoms with Crippen molar-refractivity contribution in [2.45, 2.75) is 116 Å². The van der Waals surface area contributed by atoms with Gasteiger partial charge >= 0.3 is 5.97 Å². The summed E-state index contributed by atoms with van der Waals surface area (Å²) in [5.41, 5.74) is 0.418. The van der Waals surface area contributed by atoms with E-state index in [-0.39, 0.29) is 28.0 Å². The molecule has 4 rings (SSSR count). The third-order valence-corrected chi connectivity index (χ3v) is 13.7. The van der Waals surface area contributed by atoms with Crippen LogP contribution in [0.4, 0.5) is 0 Å². The van der Waals surface area contributed by atoms with Crippen molar-refractivity contribution in [2.75, 3.05) is 26.5 Å². The van der Waals surface area contributed by atoms with Crippen LogP contribution in [0.5, 0.6) is 0 Å². The van der Waals surface area contributed by atoms with E-state index >= 15 is 0 Å². The molecule has 4 saturated carbocycles. The molecule has 2 N–H and O–H groups in total. The summed E-state index contributed by atoms with van der Waals surface area (Å²) < 4.78 is 31.7. The molecule has 0 heterocycles. The molecule has 0 amide bonds. The summed E-state index contributed by atoms with van der Waals surface area (Å²) in [7, 11) is -1.67. The van der Waals surface area contributed by atoms with Crippen LogP contribution in [-0.2, 0) is 19.4 Å². The lowest BCUT2D eigenvalue weighted by Crippen LogP contribution is -2.60. The van der Waals surface area contributed by atoms with Gasteiger partial charge in [0.25, 0.3) is 0 Å². The van der Waals surface area contributed by atoms with Gasteiger partial charge in [-0.05, 0) is 104 Å². The Morgan fingerprint density at radius 3 is 2.32 bits per heavy atom. The smallest absolute Gasteiger partial charge is 0.305 e. The molecule has 0 saturated heterocycles. The number of nitrogens with one attached hydrogen (secondary N) is 2. The SMILES string of the molecule is COC(=O)CCC(C)[C@H]1CCC2C3C(CC[C@@]21C)[C@@]1(C)CC[C@@H](NCCNC(C)C)C[C@@H]1C[C@H]3S(C)(=O)=O. The number of carbonyl (C=O) groups excluding carboxylic acids is 1. The normalized spacial score (nSPS) is 41.7. The quantitative estimate of drug-likeness (QED) is 0.286. The lowest BCUT2D eigenvalue weighted by atomic mass is 9.44. The van der Waals surface area contributed by atoms with Gasteiger partial charge < -0.3 is 15.4 Å². The zero-order chi connectivity index (χ0) is 27.9. The van der Waals surface area contributed by atoms with Crippen molar-refractivity contribution >= 4 is 15.8 Å². The summed E-state index contributed by atoms with van der Waals surface area (Å²) in [5, 5.41) is 7.09. The van der Waals surface area contributed by atoms with E-state index in [1.165, 1.54) is 39.0 Å². The van der Waals surface area contributed by atoms with Gasteiger partial charge in [-0.15, -0.1) is 0 Å². The molecule has 0 bridgehead atoms. The van der Waals surface area contributed by atoms with Crippen LogP contribution >= 0.6 is 0 Å². The van der Waals surface area contributed by atoms with Crippen molar-refractivity contribution < 1.29 is 17.9 Å². The minimum Gasteiger partial charge on any atom is -0.469 e. The standard InChI is InChI=1S/C31H56N2O4S/c1-20(2)32-16-17-33-23-12-14-30(4)22(18-23)19-27(38(7,35)36)29-25-10-9-24(21(3)8-11-28(34)37-6)31(25,5)15-13-26(29)30/h20-27,29,32-33H,8-19H2,1-7H3/t21?,22-,23-,24-,25?,26?,27-,29?,30+,31-/m1/s1. The van der Waals surface area contributed by atoms with E-state index in [0.717, 1.165) is 45.2 Å². The Morgan fingerprint density at radius 2 is 1.66 bits per heavy atom. The number of hydrogen-bond donors (Lipinski definition) is 2. The fourth-order valence-electron chi connectivity index (χ4n) is 10.1. The second-order valence-electron chi connectivity index (χ2n) is 14.5. The van der Waals surface area contributed by atoms with E-state index in [0.29, 0.717) is 48.1 Å². The van der Waals surface area contributed by atoms with Crippen LogP contribution in [0.15, 0.2) is 0 Å². The molecule has 38 heavy (non-hydrogen) atoms. The van der Waals surface area contributed by atoms with Crippen LogP contribution in [0.25, 0.3) is 0 Å². The lowest BCUT2D eigenvalue weighted by Gasteiger charge is -2.63. The van der Waals surface area contributed by atoms with E-state index in [4.69, 9.17) is 4.74 Å². The van der Waals surface area contributed by atoms with E-state index < -0.39 is 9.84 Å². The zero-order valence-electron chi connectivity index (χ0n) is 25.2. The lowest BCUT2D eigenvalue weighted by molar-refractivity contribution is -0.141. The minimum atomic E-state index is -3.14. The maximum Gasteiger partial charge on any atom is 0.305 e. The topological polar surface area (TPSA) is 84.5 Å². The Morgan fingerprint density at radius 1 is 0.974 bits per heavy atom. The van der Waals surface area contributed by atoms with Gasteiger partial charge in [-0.3, -0.25) is 4.79 Å². The van der Waals surface area contributed by atoms with Crippen molar-refractivity contribution in [3.63, 3.8) is 0 Å². The fourth-order valence-corrected chi connectivity index (χ4v) is 11.6. The summed E-state index contributed by atoms with van der Waals surface area (Å²) in [6.07, 6.45) is 11.9. The van der Waals surface area contributed by atoms with Crippen LogP contribution in [0.1, 0.15) is 98.8 Å². The first kappa shape index (κ1) is 30.3. The van der Waals surface area contributed by atoms with Crippen LogP contribution in [0.3, 0.4) is 0 Å². The maximum absolute atomic E-state index is 13.4. The highest BCUT2D eigenvalue weighted by molar-refractivity contribution is 7.91. The number of carbonyl (C=O) groups is 1. The Hall–Kier alpha value is -0.660. The molecule has 4 aliphatic rings. The maximum atomic E-state index is 13.4. The minimum absolute atomic E-state index is 0.120. The summed E-state index contributed by atoms with van der Waals surface area (Å²) in [6.45, 7) is 13.6. The van der Waals surface area contributed by atoms with Crippen LogP contribution < -0.4 is 10.6 Å². The van der Waals surface area contributed by atoms with Gasteiger partial charge in [-0.25, -0.2) is 8.42 Å².